The normalized spacial score (nSPS) is 12.8. The van der Waals surface area contributed by atoms with Crippen LogP contribution in [0.3, 0.4) is 0 Å². The van der Waals surface area contributed by atoms with Gasteiger partial charge < -0.3 is 0 Å². The molecular formula is C58H30. The second-order valence-corrected chi connectivity index (χ2v) is 16.5. The van der Waals surface area contributed by atoms with Gasteiger partial charge in [0.15, 0.2) is 0 Å². The van der Waals surface area contributed by atoms with Crippen molar-refractivity contribution in [3.05, 3.63) is 182 Å². The number of hydrogen-bond donors (Lipinski definition) is 0. The predicted molar refractivity (Wildman–Crippen MR) is 250 cm³/mol. The Labute approximate surface area is 332 Å². The minimum atomic E-state index is 1.24. The summed E-state index contributed by atoms with van der Waals surface area (Å²) in [5.74, 6) is 0. The quantitative estimate of drug-likeness (QED) is 0.123. The van der Waals surface area contributed by atoms with Crippen LogP contribution < -0.4 is 0 Å². The van der Waals surface area contributed by atoms with E-state index in [9.17, 15) is 0 Å². The van der Waals surface area contributed by atoms with Crippen molar-refractivity contribution in [2.24, 2.45) is 0 Å². The molecule has 262 valence electrons. The Bertz CT molecular complexity index is 4030. The monoisotopic (exact) mass is 726 g/mol. The van der Waals surface area contributed by atoms with E-state index in [1.165, 1.54) is 152 Å². The second kappa shape index (κ2) is 10.2. The third-order valence-electron chi connectivity index (χ3n) is 14.0. The van der Waals surface area contributed by atoms with Crippen LogP contribution in [0.2, 0.25) is 0 Å². The minimum Gasteiger partial charge on any atom is -0.0622 e. The molecule has 0 amide bonds. The fourth-order valence-electron chi connectivity index (χ4n) is 11.9. The lowest BCUT2D eigenvalue weighted by Gasteiger charge is -2.17. The summed E-state index contributed by atoms with van der Waals surface area (Å²) in [6.07, 6.45) is 0. The zero-order chi connectivity index (χ0) is 37.4. The molecule has 0 saturated heterocycles. The predicted octanol–water partition coefficient (Wildman–Crippen LogP) is 16.5. The summed E-state index contributed by atoms with van der Waals surface area (Å²) in [6.45, 7) is 0. The second-order valence-electron chi connectivity index (χ2n) is 16.5. The molecule has 0 heteroatoms. The average Bonchev–Trinajstić information content (AvgIpc) is 3.93. The van der Waals surface area contributed by atoms with Crippen LogP contribution in [0.25, 0.3) is 152 Å². The van der Waals surface area contributed by atoms with E-state index in [1.807, 2.05) is 0 Å². The lowest BCUT2D eigenvalue weighted by Crippen LogP contribution is -1.90. The molecular weight excluding hydrogens is 697 g/mol. The van der Waals surface area contributed by atoms with Crippen LogP contribution in [0.15, 0.2) is 182 Å². The Morgan fingerprint density at radius 3 is 1.29 bits per heavy atom. The maximum atomic E-state index is 2.50. The minimum absolute atomic E-state index is 1.24. The Kier molecular flexibility index (Phi) is 5.25. The summed E-state index contributed by atoms with van der Waals surface area (Å²) in [7, 11) is 0. The van der Waals surface area contributed by atoms with Gasteiger partial charge in [-0.15, -0.1) is 0 Å². The molecule has 0 saturated carbocycles. The van der Waals surface area contributed by atoms with E-state index in [1.54, 1.807) is 0 Å². The first-order valence-corrected chi connectivity index (χ1v) is 20.4. The van der Waals surface area contributed by atoms with Crippen molar-refractivity contribution in [3.8, 4) is 44.5 Å². The summed E-state index contributed by atoms with van der Waals surface area (Å²) in [4.78, 5) is 0. The van der Waals surface area contributed by atoms with Crippen LogP contribution in [0, 0.1) is 0 Å². The molecule has 1 aliphatic rings. The van der Waals surface area contributed by atoms with Crippen LogP contribution in [0.5, 0.6) is 0 Å². The van der Waals surface area contributed by atoms with Crippen LogP contribution in [-0.2, 0) is 0 Å². The first-order valence-electron chi connectivity index (χ1n) is 20.4. The number of fused-ring (bicyclic) bond motifs is 14. The molecule has 0 heterocycles. The van der Waals surface area contributed by atoms with Crippen LogP contribution >= 0.6 is 0 Å². The Balaban J connectivity index is 1.21. The zero-order valence-electron chi connectivity index (χ0n) is 31.3. The van der Waals surface area contributed by atoms with Crippen molar-refractivity contribution in [1.29, 1.82) is 0 Å². The number of rotatable bonds is 2. The number of hydrogen-bond acceptors (Lipinski definition) is 0. The van der Waals surface area contributed by atoms with Gasteiger partial charge in [0.25, 0.3) is 0 Å². The van der Waals surface area contributed by atoms with Crippen LogP contribution in [0.4, 0.5) is 0 Å². The summed E-state index contributed by atoms with van der Waals surface area (Å²) in [6, 6.07) is 69.1. The first-order chi connectivity index (χ1) is 28.8. The van der Waals surface area contributed by atoms with Crippen LogP contribution in [0.1, 0.15) is 0 Å². The third-order valence-corrected chi connectivity index (χ3v) is 14.0. The van der Waals surface area contributed by atoms with Gasteiger partial charge in [0, 0.05) is 0 Å². The standard InChI is InChI=1S/C58H30/c1-2-12-31(13-3-1)33-15-6-9-19-37(33)53-48-30-32-14-4-5-16-34(32)49-38-20-10-11-21-39(38)55(58(48)49)57-47-29-27-45-43-25-23-41-36-18-8-7-17-35(36)40-22-24-42(51(43)50(40)41)44-26-28-46(56(53)57)54(47)52(44)45/h1-30H. The number of benzene rings is 12. The molecule has 0 unspecified atom stereocenters. The van der Waals surface area contributed by atoms with E-state index in [0.29, 0.717) is 0 Å². The van der Waals surface area contributed by atoms with Gasteiger partial charge in [0.1, 0.15) is 0 Å². The molecule has 1 aliphatic carbocycles. The van der Waals surface area contributed by atoms with Crippen molar-refractivity contribution < 1.29 is 0 Å². The van der Waals surface area contributed by atoms with Gasteiger partial charge in [-0.25, -0.2) is 0 Å². The summed E-state index contributed by atoms with van der Waals surface area (Å²) in [5, 5.41) is 27.1. The Hall–Kier alpha value is -7.54. The summed E-state index contributed by atoms with van der Waals surface area (Å²) < 4.78 is 0. The maximum absolute atomic E-state index is 2.50. The average molecular weight is 727 g/mol. The van der Waals surface area contributed by atoms with Gasteiger partial charge in [-0.2, -0.15) is 0 Å². The van der Waals surface area contributed by atoms with Crippen molar-refractivity contribution in [2.75, 3.05) is 0 Å². The zero-order valence-corrected chi connectivity index (χ0v) is 31.3. The molecule has 0 aliphatic heterocycles. The third kappa shape index (κ3) is 3.35. The fraction of sp³-hybridized carbons (Fsp3) is 0. The van der Waals surface area contributed by atoms with Crippen LogP contribution in [-0.4, -0.2) is 0 Å². The molecule has 0 bridgehead atoms. The van der Waals surface area contributed by atoms with Crippen molar-refractivity contribution >= 4 is 108 Å². The molecule has 0 radical (unpaired) electrons. The molecule has 0 spiro atoms. The van der Waals surface area contributed by atoms with Gasteiger partial charge >= 0.3 is 0 Å². The Morgan fingerprint density at radius 2 is 0.603 bits per heavy atom. The lowest BCUT2D eigenvalue weighted by atomic mass is 9.85. The van der Waals surface area contributed by atoms with Gasteiger partial charge in [0.05, 0.1) is 0 Å². The van der Waals surface area contributed by atoms with E-state index in [-0.39, 0.29) is 0 Å². The highest BCUT2D eigenvalue weighted by Crippen LogP contribution is 2.58. The Morgan fingerprint density at radius 1 is 0.190 bits per heavy atom. The van der Waals surface area contributed by atoms with Crippen molar-refractivity contribution in [2.45, 2.75) is 0 Å². The fourth-order valence-corrected chi connectivity index (χ4v) is 11.9. The largest absolute Gasteiger partial charge is 0.0622 e. The highest BCUT2D eigenvalue weighted by molar-refractivity contribution is 6.52. The molecule has 0 atom stereocenters. The van der Waals surface area contributed by atoms with Gasteiger partial charge in [-0.3, -0.25) is 0 Å². The topological polar surface area (TPSA) is 0 Å². The lowest BCUT2D eigenvalue weighted by molar-refractivity contribution is 1.61. The maximum Gasteiger partial charge on any atom is -0.000695 e. The smallest absolute Gasteiger partial charge is 0.000695 e. The molecule has 0 nitrogen and oxygen atoms in total. The highest BCUT2D eigenvalue weighted by Gasteiger charge is 2.29. The molecule has 14 aromatic rings. The SMILES string of the molecule is c1ccc(-c2ccccc2-c2c3cc4ccccc4c4c5ccccc5c(c5c6ccc7c8ccc9c%10c(ccc(c%11ccc(c25)c6c%117)c%108)-c2ccccc2-9)c34)cc1. The summed E-state index contributed by atoms with van der Waals surface area (Å²) in [5.41, 5.74) is 10.5. The van der Waals surface area contributed by atoms with E-state index >= 15 is 0 Å². The molecule has 58 heavy (non-hydrogen) atoms. The van der Waals surface area contributed by atoms with Crippen molar-refractivity contribution in [1.82, 2.24) is 0 Å². The summed E-state index contributed by atoms with van der Waals surface area (Å²) >= 11 is 0. The van der Waals surface area contributed by atoms with E-state index in [4.69, 9.17) is 0 Å². The molecule has 0 N–H and O–H groups in total. The van der Waals surface area contributed by atoms with E-state index in [2.05, 4.69) is 182 Å². The highest BCUT2D eigenvalue weighted by atomic mass is 14.3. The molecule has 0 aromatic heterocycles. The van der Waals surface area contributed by atoms with Gasteiger partial charge in [-0.1, -0.05) is 176 Å². The van der Waals surface area contributed by atoms with E-state index in [0.717, 1.165) is 0 Å². The molecule has 14 aromatic carbocycles. The first kappa shape index (κ1) is 29.7. The van der Waals surface area contributed by atoms with Crippen molar-refractivity contribution in [3.63, 3.8) is 0 Å². The van der Waals surface area contributed by atoms with Gasteiger partial charge in [0.2, 0.25) is 0 Å². The van der Waals surface area contributed by atoms with E-state index < -0.39 is 0 Å². The van der Waals surface area contributed by atoms with Gasteiger partial charge in [-0.05, 0) is 158 Å². The molecule has 0 fully saturated rings. The molecule has 15 rings (SSSR count).